The van der Waals surface area contributed by atoms with E-state index >= 15 is 0 Å². The fraction of sp³-hybridized carbons (Fsp3) is 0.263. The van der Waals surface area contributed by atoms with Gasteiger partial charge in [-0.05, 0) is 32.9 Å². The van der Waals surface area contributed by atoms with Gasteiger partial charge in [-0.15, -0.1) is 0 Å². The molecule has 3 rings (SSSR count). The highest BCUT2D eigenvalue weighted by Gasteiger charge is 2.36. The first-order valence-electron chi connectivity index (χ1n) is 8.63. The van der Waals surface area contributed by atoms with Gasteiger partial charge >= 0.3 is 6.18 Å². The minimum Gasteiger partial charge on any atom is -0.485 e. The lowest BCUT2D eigenvalue weighted by Gasteiger charge is -2.13. The Morgan fingerprint density at radius 3 is 2.50 bits per heavy atom. The number of carbonyl (C=O) groups is 1. The third-order valence-electron chi connectivity index (χ3n) is 4.41. The van der Waals surface area contributed by atoms with Gasteiger partial charge in [0.15, 0.2) is 12.4 Å². The highest BCUT2D eigenvalue weighted by molar-refractivity contribution is 5.98. The van der Waals surface area contributed by atoms with E-state index in [4.69, 9.17) is 9.26 Å². The number of ether oxygens (including phenoxy) is 1. The number of rotatable bonds is 6. The van der Waals surface area contributed by atoms with Crippen molar-refractivity contribution in [2.75, 3.05) is 6.61 Å². The van der Waals surface area contributed by atoms with Crippen LogP contribution in [0.3, 0.4) is 0 Å². The summed E-state index contributed by atoms with van der Waals surface area (Å²) in [6, 6.07) is 5.34. The second kappa shape index (κ2) is 7.65. The molecule has 0 aliphatic carbocycles. The Morgan fingerprint density at radius 1 is 1.23 bits per heavy atom. The molecule has 11 heteroatoms. The molecule has 2 aromatic heterocycles. The van der Waals surface area contributed by atoms with Crippen molar-refractivity contribution in [3.05, 3.63) is 68.7 Å². The number of alkyl halides is 3. The molecule has 0 fully saturated rings. The van der Waals surface area contributed by atoms with E-state index in [1.807, 2.05) is 0 Å². The molecule has 0 radical (unpaired) electrons. The van der Waals surface area contributed by atoms with Crippen LogP contribution in [0.1, 0.15) is 33.1 Å². The number of ketones is 1. The van der Waals surface area contributed by atoms with Crippen LogP contribution in [0, 0.1) is 30.9 Å². The maximum Gasteiger partial charge on any atom is 0.420 e. The number of aromatic nitrogens is 2. The molecule has 0 unspecified atom stereocenters. The molecule has 3 aromatic rings. The van der Waals surface area contributed by atoms with Crippen LogP contribution in [0.4, 0.5) is 18.9 Å². The van der Waals surface area contributed by atoms with Gasteiger partial charge in [0, 0.05) is 35.2 Å². The van der Waals surface area contributed by atoms with Gasteiger partial charge in [0.25, 0.3) is 5.69 Å². The quantitative estimate of drug-likeness (QED) is 0.327. The number of halogens is 3. The molecule has 0 saturated carbocycles. The summed E-state index contributed by atoms with van der Waals surface area (Å²) >= 11 is 0. The molecule has 158 valence electrons. The first-order valence-corrected chi connectivity index (χ1v) is 8.63. The maximum absolute atomic E-state index is 13.2. The zero-order chi connectivity index (χ0) is 22.2. The summed E-state index contributed by atoms with van der Waals surface area (Å²) in [5.74, 6) is -0.174. The average Bonchev–Trinajstić information content (AvgIpc) is 3.21. The summed E-state index contributed by atoms with van der Waals surface area (Å²) in [5.41, 5.74) is -0.603. The SMILES string of the molecule is Cc1cc(-n2c(C)cc(C(=O)COc3ccc([N+](=O)[O-])cc3C(F)(F)F)c2C)no1. The second-order valence-corrected chi connectivity index (χ2v) is 6.56. The largest absolute Gasteiger partial charge is 0.485 e. The average molecular weight is 423 g/mol. The predicted octanol–water partition coefficient (Wildman–Crippen LogP) is 4.58. The number of hydrogen-bond acceptors (Lipinski definition) is 6. The minimum absolute atomic E-state index is 0.253. The van der Waals surface area contributed by atoms with Crippen LogP contribution < -0.4 is 4.74 Å². The number of Topliss-reactive ketones (excluding diaryl/α,β-unsaturated/α-hetero) is 1. The lowest BCUT2D eigenvalue weighted by atomic mass is 10.1. The van der Waals surface area contributed by atoms with Gasteiger partial charge in [-0.1, -0.05) is 5.16 Å². The van der Waals surface area contributed by atoms with Gasteiger partial charge in [-0.3, -0.25) is 19.5 Å². The monoisotopic (exact) mass is 423 g/mol. The lowest BCUT2D eigenvalue weighted by Crippen LogP contribution is -2.16. The van der Waals surface area contributed by atoms with Crippen molar-refractivity contribution in [3.8, 4) is 11.6 Å². The number of nitro groups is 1. The number of hydrogen-bond donors (Lipinski definition) is 0. The highest BCUT2D eigenvalue weighted by atomic mass is 19.4. The van der Waals surface area contributed by atoms with Crippen LogP contribution in [0.15, 0.2) is 34.9 Å². The Bertz CT molecular complexity index is 1130. The van der Waals surface area contributed by atoms with E-state index in [0.717, 1.165) is 12.1 Å². The van der Waals surface area contributed by atoms with Gasteiger partial charge in [-0.2, -0.15) is 13.2 Å². The van der Waals surface area contributed by atoms with Gasteiger partial charge in [0.2, 0.25) is 5.78 Å². The highest BCUT2D eigenvalue weighted by Crippen LogP contribution is 2.38. The Labute approximate surface area is 168 Å². The number of aryl methyl sites for hydroxylation is 2. The van der Waals surface area contributed by atoms with E-state index in [9.17, 15) is 28.1 Å². The minimum atomic E-state index is -4.88. The van der Waals surface area contributed by atoms with E-state index in [2.05, 4.69) is 5.16 Å². The summed E-state index contributed by atoms with van der Waals surface area (Å²) in [7, 11) is 0. The van der Waals surface area contributed by atoms with E-state index in [-0.39, 0.29) is 5.56 Å². The van der Waals surface area contributed by atoms with Crippen molar-refractivity contribution in [1.29, 1.82) is 0 Å². The van der Waals surface area contributed by atoms with Crippen LogP contribution in [0.5, 0.6) is 5.75 Å². The Hall–Kier alpha value is -3.63. The van der Waals surface area contributed by atoms with Crippen molar-refractivity contribution in [3.63, 3.8) is 0 Å². The van der Waals surface area contributed by atoms with Gasteiger partial charge < -0.3 is 9.26 Å². The molecule has 0 saturated heterocycles. The topological polar surface area (TPSA) is 100 Å². The zero-order valence-electron chi connectivity index (χ0n) is 16.1. The predicted molar refractivity (Wildman–Crippen MR) is 98.0 cm³/mol. The molecule has 0 spiro atoms. The number of non-ortho nitro benzene ring substituents is 1. The molecule has 0 aliphatic heterocycles. The third kappa shape index (κ3) is 4.04. The molecule has 8 nitrogen and oxygen atoms in total. The summed E-state index contributed by atoms with van der Waals surface area (Å²) in [5, 5.41) is 14.7. The van der Waals surface area contributed by atoms with Crippen LogP contribution in [-0.2, 0) is 6.18 Å². The van der Waals surface area contributed by atoms with Gasteiger partial charge in [0.05, 0.1) is 4.92 Å². The molecule has 0 aliphatic rings. The van der Waals surface area contributed by atoms with Crippen LogP contribution in [-0.4, -0.2) is 27.0 Å². The third-order valence-corrected chi connectivity index (χ3v) is 4.41. The fourth-order valence-electron chi connectivity index (χ4n) is 3.06. The molecule has 30 heavy (non-hydrogen) atoms. The molecule has 0 atom stereocenters. The molecule has 0 amide bonds. The molecular formula is C19H16F3N3O5. The molecular weight excluding hydrogens is 407 g/mol. The molecule has 1 aromatic carbocycles. The van der Waals surface area contributed by atoms with E-state index in [1.165, 1.54) is 0 Å². The Kier molecular flexibility index (Phi) is 5.38. The molecule has 0 N–H and O–H groups in total. The van der Waals surface area contributed by atoms with Crippen molar-refractivity contribution in [1.82, 2.24) is 9.72 Å². The van der Waals surface area contributed by atoms with Crippen molar-refractivity contribution < 1.29 is 32.1 Å². The van der Waals surface area contributed by atoms with E-state index in [1.54, 1.807) is 37.5 Å². The Morgan fingerprint density at radius 2 is 1.93 bits per heavy atom. The smallest absolute Gasteiger partial charge is 0.420 e. The second-order valence-electron chi connectivity index (χ2n) is 6.56. The zero-order valence-corrected chi connectivity index (χ0v) is 16.1. The van der Waals surface area contributed by atoms with E-state index < -0.39 is 40.5 Å². The van der Waals surface area contributed by atoms with Crippen molar-refractivity contribution >= 4 is 11.5 Å². The lowest BCUT2D eigenvalue weighted by molar-refractivity contribution is -0.385. The molecule has 0 bridgehead atoms. The number of nitrogens with zero attached hydrogens (tertiary/aromatic N) is 3. The van der Waals surface area contributed by atoms with E-state index in [0.29, 0.717) is 29.0 Å². The normalized spacial score (nSPS) is 11.5. The first kappa shape index (κ1) is 21.1. The standard InChI is InChI=1S/C19H16F3N3O5/c1-10-6-14(12(3)24(10)18-7-11(2)30-23-18)16(26)9-29-17-5-4-13(25(27)28)8-15(17)19(20,21)22/h4-8H,9H2,1-3H3. The number of benzene rings is 1. The maximum atomic E-state index is 13.2. The van der Waals surface area contributed by atoms with Crippen LogP contribution >= 0.6 is 0 Å². The van der Waals surface area contributed by atoms with Gasteiger partial charge in [-0.25, -0.2) is 0 Å². The van der Waals surface area contributed by atoms with Crippen LogP contribution in [0.2, 0.25) is 0 Å². The van der Waals surface area contributed by atoms with Crippen molar-refractivity contribution in [2.24, 2.45) is 0 Å². The first-order chi connectivity index (χ1) is 14.0. The summed E-state index contributed by atoms with van der Waals surface area (Å²) in [6.45, 7) is 4.44. The van der Waals surface area contributed by atoms with Gasteiger partial charge in [0.1, 0.15) is 17.1 Å². The number of carbonyl (C=O) groups excluding carboxylic acids is 1. The van der Waals surface area contributed by atoms with Crippen LogP contribution in [0.25, 0.3) is 5.82 Å². The van der Waals surface area contributed by atoms with Crippen molar-refractivity contribution in [2.45, 2.75) is 26.9 Å². The fourth-order valence-corrected chi connectivity index (χ4v) is 3.06. The molecule has 2 heterocycles. The summed E-state index contributed by atoms with van der Waals surface area (Å²) in [6.07, 6.45) is -4.88. The summed E-state index contributed by atoms with van der Waals surface area (Å²) in [4.78, 5) is 22.4. The Balaban J connectivity index is 1.86. The number of nitro benzene ring substituents is 1. The summed E-state index contributed by atoms with van der Waals surface area (Å²) < 4.78 is 51.5.